The molecule has 1 atom stereocenters. The largest absolute Gasteiger partial charge is 0.434 e. The quantitative estimate of drug-likeness (QED) is 0.270. The fraction of sp³-hybridized carbons (Fsp3) is 0.500. The van der Waals surface area contributed by atoms with Gasteiger partial charge in [0.15, 0.2) is 11.7 Å². The SMILES string of the molecule is CCNC(=NCc1nc(C(F)(F)F)cs1)NCC(O)c1ccc(C(C)(C)C)cc1.I. The Kier molecular flexibility index (Phi) is 10.0. The molecule has 0 bridgehead atoms. The molecule has 0 radical (unpaired) electrons. The first-order valence-electron chi connectivity index (χ1n) is 9.33. The van der Waals surface area contributed by atoms with E-state index in [0.29, 0.717) is 12.5 Å². The number of nitrogens with one attached hydrogen (secondary N) is 2. The first-order chi connectivity index (χ1) is 13.5. The van der Waals surface area contributed by atoms with Gasteiger partial charge in [0.2, 0.25) is 0 Å². The van der Waals surface area contributed by atoms with Crippen LogP contribution < -0.4 is 10.6 Å². The van der Waals surface area contributed by atoms with Gasteiger partial charge in [0.05, 0.1) is 12.6 Å². The maximum atomic E-state index is 12.6. The third-order valence-corrected chi connectivity index (χ3v) is 5.02. The van der Waals surface area contributed by atoms with Crippen molar-refractivity contribution in [3.63, 3.8) is 0 Å². The monoisotopic (exact) mass is 556 g/mol. The van der Waals surface area contributed by atoms with Crippen LogP contribution in [-0.4, -0.2) is 29.1 Å². The van der Waals surface area contributed by atoms with Crippen molar-refractivity contribution in [2.24, 2.45) is 4.99 Å². The molecule has 0 aliphatic carbocycles. The van der Waals surface area contributed by atoms with Gasteiger partial charge >= 0.3 is 6.18 Å². The van der Waals surface area contributed by atoms with Crippen molar-refractivity contribution in [3.05, 3.63) is 51.5 Å². The van der Waals surface area contributed by atoms with E-state index < -0.39 is 18.0 Å². The first-order valence-corrected chi connectivity index (χ1v) is 10.2. The summed E-state index contributed by atoms with van der Waals surface area (Å²) in [6.07, 6.45) is -5.20. The zero-order valence-corrected chi connectivity index (χ0v) is 20.5. The Labute approximate surface area is 196 Å². The molecule has 1 unspecified atom stereocenters. The lowest BCUT2D eigenvalue weighted by atomic mass is 9.86. The lowest BCUT2D eigenvalue weighted by molar-refractivity contribution is -0.140. The van der Waals surface area contributed by atoms with Crippen LogP contribution in [0.15, 0.2) is 34.6 Å². The number of aromatic nitrogens is 1. The summed E-state index contributed by atoms with van der Waals surface area (Å²) in [6.45, 7) is 9.06. The second kappa shape index (κ2) is 11.3. The van der Waals surface area contributed by atoms with Gasteiger partial charge in [0, 0.05) is 18.5 Å². The van der Waals surface area contributed by atoms with Gasteiger partial charge in [-0.1, -0.05) is 45.0 Å². The normalized spacial score (nSPS) is 13.5. The fourth-order valence-electron chi connectivity index (χ4n) is 2.52. The molecular weight excluding hydrogens is 528 g/mol. The summed E-state index contributed by atoms with van der Waals surface area (Å²) in [4.78, 5) is 7.82. The maximum absolute atomic E-state index is 12.6. The molecule has 168 valence electrons. The Bertz CT molecular complexity index is 817. The van der Waals surface area contributed by atoms with Gasteiger partial charge in [0.1, 0.15) is 5.01 Å². The number of thiazole rings is 1. The summed E-state index contributed by atoms with van der Waals surface area (Å²) < 4.78 is 37.9. The summed E-state index contributed by atoms with van der Waals surface area (Å²) in [7, 11) is 0. The van der Waals surface area contributed by atoms with Crippen molar-refractivity contribution in [2.75, 3.05) is 13.1 Å². The Morgan fingerprint density at radius 2 is 1.80 bits per heavy atom. The fourth-order valence-corrected chi connectivity index (χ4v) is 3.24. The van der Waals surface area contributed by atoms with E-state index in [1.54, 1.807) is 0 Å². The minimum absolute atomic E-state index is 0. The highest BCUT2D eigenvalue weighted by Gasteiger charge is 2.33. The molecule has 0 saturated heterocycles. The molecule has 0 aliphatic heterocycles. The zero-order chi connectivity index (χ0) is 21.7. The lowest BCUT2D eigenvalue weighted by Gasteiger charge is -2.20. The number of benzene rings is 1. The number of hydrogen-bond donors (Lipinski definition) is 3. The van der Waals surface area contributed by atoms with Crippen LogP contribution in [0.5, 0.6) is 0 Å². The number of nitrogens with zero attached hydrogens (tertiary/aromatic N) is 2. The van der Waals surface area contributed by atoms with Crippen LogP contribution >= 0.6 is 35.3 Å². The van der Waals surface area contributed by atoms with Crippen molar-refractivity contribution in [1.29, 1.82) is 0 Å². The van der Waals surface area contributed by atoms with Gasteiger partial charge in [-0.05, 0) is 23.5 Å². The number of rotatable bonds is 6. The number of aliphatic hydroxyl groups excluding tert-OH is 1. The standard InChI is InChI=1S/C20H27F3N4OS.HI/c1-5-24-18(26-11-17-27-16(12-29-17)20(21,22)23)25-10-15(28)13-6-8-14(9-7-13)19(2,3)4;/h6-9,12,15,28H,5,10-11H2,1-4H3,(H2,24,25,26);1H. The molecule has 1 aromatic heterocycles. The van der Waals surface area contributed by atoms with E-state index in [2.05, 4.69) is 41.4 Å². The molecule has 2 aromatic rings. The summed E-state index contributed by atoms with van der Waals surface area (Å²) >= 11 is 0.918. The molecule has 3 N–H and O–H groups in total. The summed E-state index contributed by atoms with van der Waals surface area (Å²) in [5.74, 6) is 0.404. The van der Waals surface area contributed by atoms with Crippen molar-refractivity contribution in [3.8, 4) is 0 Å². The number of guanidine groups is 1. The van der Waals surface area contributed by atoms with Crippen LogP contribution in [0.2, 0.25) is 0 Å². The number of alkyl halides is 3. The van der Waals surface area contributed by atoms with E-state index in [1.165, 1.54) is 5.56 Å². The molecule has 0 saturated carbocycles. The molecule has 0 spiro atoms. The Morgan fingerprint density at radius 1 is 1.17 bits per heavy atom. The van der Waals surface area contributed by atoms with Crippen LogP contribution in [0.4, 0.5) is 13.2 Å². The topological polar surface area (TPSA) is 69.5 Å². The van der Waals surface area contributed by atoms with E-state index in [0.717, 1.165) is 22.3 Å². The molecule has 0 fully saturated rings. The highest BCUT2D eigenvalue weighted by atomic mass is 127. The Balaban J connectivity index is 0.00000450. The van der Waals surface area contributed by atoms with Gasteiger partial charge in [-0.2, -0.15) is 13.2 Å². The van der Waals surface area contributed by atoms with Crippen LogP contribution in [0.3, 0.4) is 0 Å². The van der Waals surface area contributed by atoms with Crippen LogP contribution in [0.25, 0.3) is 0 Å². The lowest BCUT2D eigenvalue weighted by Crippen LogP contribution is -2.39. The highest BCUT2D eigenvalue weighted by Crippen LogP contribution is 2.30. The summed E-state index contributed by atoms with van der Waals surface area (Å²) in [5.41, 5.74) is 1.09. The maximum Gasteiger partial charge on any atom is 0.434 e. The van der Waals surface area contributed by atoms with Crippen molar-refractivity contribution in [1.82, 2.24) is 15.6 Å². The second-order valence-electron chi connectivity index (χ2n) is 7.59. The predicted molar refractivity (Wildman–Crippen MR) is 125 cm³/mol. The summed E-state index contributed by atoms with van der Waals surface area (Å²) in [6, 6.07) is 7.79. The van der Waals surface area contributed by atoms with Crippen LogP contribution in [-0.2, 0) is 18.1 Å². The molecule has 1 aromatic carbocycles. The number of aliphatic imine (C=N–C) groups is 1. The molecule has 2 rings (SSSR count). The van der Waals surface area contributed by atoms with Gasteiger partial charge < -0.3 is 15.7 Å². The highest BCUT2D eigenvalue weighted by molar-refractivity contribution is 14.0. The second-order valence-corrected chi connectivity index (χ2v) is 8.53. The van der Waals surface area contributed by atoms with Crippen molar-refractivity contribution in [2.45, 2.75) is 51.9 Å². The number of halogens is 4. The zero-order valence-electron chi connectivity index (χ0n) is 17.4. The minimum Gasteiger partial charge on any atom is -0.387 e. The molecule has 10 heteroatoms. The Hall–Kier alpha value is -1.40. The van der Waals surface area contributed by atoms with Gasteiger partial charge in [-0.15, -0.1) is 35.3 Å². The average Bonchev–Trinajstić information content (AvgIpc) is 3.12. The molecule has 1 heterocycles. The van der Waals surface area contributed by atoms with E-state index in [-0.39, 0.29) is 47.5 Å². The minimum atomic E-state index is -4.45. The van der Waals surface area contributed by atoms with E-state index in [9.17, 15) is 18.3 Å². The average molecular weight is 556 g/mol. The van der Waals surface area contributed by atoms with E-state index in [1.807, 2.05) is 31.2 Å². The van der Waals surface area contributed by atoms with Gasteiger partial charge in [0.25, 0.3) is 0 Å². The smallest absolute Gasteiger partial charge is 0.387 e. The molecule has 30 heavy (non-hydrogen) atoms. The van der Waals surface area contributed by atoms with Gasteiger partial charge in [-0.25, -0.2) is 9.98 Å². The Morgan fingerprint density at radius 3 is 2.30 bits per heavy atom. The van der Waals surface area contributed by atoms with Gasteiger partial charge in [-0.3, -0.25) is 0 Å². The number of hydrogen-bond acceptors (Lipinski definition) is 4. The molecular formula is C20H28F3IN4OS. The first kappa shape index (κ1) is 26.6. The summed E-state index contributed by atoms with van der Waals surface area (Å²) in [5, 5.41) is 17.7. The predicted octanol–water partition coefficient (Wildman–Crippen LogP) is 4.87. The molecule has 5 nitrogen and oxygen atoms in total. The molecule has 0 aliphatic rings. The van der Waals surface area contributed by atoms with E-state index >= 15 is 0 Å². The third-order valence-electron chi connectivity index (χ3n) is 4.18. The van der Waals surface area contributed by atoms with E-state index in [4.69, 9.17) is 0 Å². The molecule has 0 amide bonds. The van der Waals surface area contributed by atoms with Crippen LogP contribution in [0, 0.1) is 0 Å². The van der Waals surface area contributed by atoms with Crippen molar-refractivity contribution < 1.29 is 18.3 Å². The van der Waals surface area contributed by atoms with Crippen molar-refractivity contribution >= 4 is 41.3 Å². The van der Waals surface area contributed by atoms with Crippen LogP contribution in [0.1, 0.15) is 55.6 Å². The third kappa shape index (κ3) is 8.03. The number of aliphatic hydroxyl groups is 1.